The van der Waals surface area contributed by atoms with Crippen molar-refractivity contribution in [3.05, 3.63) is 6.33 Å². The highest BCUT2D eigenvalue weighted by molar-refractivity contribution is 5.62. The van der Waals surface area contributed by atoms with Crippen LogP contribution in [0.5, 0.6) is 5.75 Å². The number of hydrazine groups is 1. The predicted octanol–water partition coefficient (Wildman–Crippen LogP) is 0.999. The molecule has 1 aliphatic rings. The highest BCUT2D eigenvalue weighted by Crippen LogP contribution is 2.29. The SMILES string of the molecule is COc1c(NN)ncnc1NCCCOCC1CC1. The second-order valence-electron chi connectivity index (χ2n) is 4.55. The molecule has 0 radical (unpaired) electrons. The third kappa shape index (κ3) is 4.22. The first-order valence-electron chi connectivity index (χ1n) is 6.52. The molecule has 0 aromatic carbocycles. The number of hydrogen-bond acceptors (Lipinski definition) is 7. The van der Waals surface area contributed by atoms with Crippen LogP contribution in [0.3, 0.4) is 0 Å². The van der Waals surface area contributed by atoms with Crippen LogP contribution in [0.25, 0.3) is 0 Å². The van der Waals surface area contributed by atoms with E-state index in [2.05, 4.69) is 20.7 Å². The summed E-state index contributed by atoms with van der Waals surface area (Å²) in [6, 6.07) is 0. The van der Waals surface area contributed by atoms with Crippen LogP contribution in [0, 0.1) is 5.92 Å². The summed E-state index contributed by atoms with van der Waals surface area (Å²) in [6.45, 7) is 2.43. The number of ether oxygens (including phenoxy) is 2. The maximum atomic E-state index is 5.56. The van der Waals surface area contributed by atoms with Gasteiger partial charge in [0.05, 0.1) is 7.11 Å². The number of hydrogen-bond donors (Lipinski definition) is 3. The van der Waals surface area contributed by atoms with Crippen molar-refractivity contribution >= 4 is 11.6 Å². The minimum atomic E-state index is 0.463. The molecule has 1 heterocycles. The third-order valence-corrected chi connectivity index (χ3v) is 2.95. The number of nitrogens with one attached hydrogen (secondary N) is 2. The smallest absolute Gasteiger partial charge is 0.205 e. The molecule has 1 saturated carbocycles. The second kappa shape index (κ2) is 7.10. The second-order valence-corrected chi connectivity index (χ2v) is 4.55. The van der Waals surface area contributed by atoms with Crippen molar-refractivity contribution in [1.29, 1.82) is 0 Å². The molecule has 0 spiro atoms. The van der Waals surface area contributed by atoms with Crippen LogP contribution in [0.2, 0.25) is 0 Å². The van der Waals surface area contributed by atoms with E-state index < -0.39 is 0 Å². The van der Waals surface area contributed by atoms with E-state index in [1.165, 1.54) is 19.2 Å². The zero-order valence-electron chi connectivity index (χ0n) is 11.2. The summed E-state index contributed by atoms with van der Waals surface area (Å²) in [7, 11) is 1.56. The van der Waals surface area contributed by atoms with Gasteiger partial charge in [-0.3, -0.25) is 0 Å². The lowest BCUT2D eigenvalue weighted by molar-refractivity contribution is 0.124. The molecular formula is C12H21N5O2. The summed E-state index contributed by atoms with van der Waals surface area (Å²) in [5.41, 5.74) is 2.48. The molecule has 1 fully saturated rings. The van der Waals surface area contributed by atoms with Gasteiger partial charge in [-0.05, 0) is 25.2 Å². The van der Waals surface area contributed by atoms with Crippen LogP contribution < -0.4 is 21.3 Å². The fraction of sp³-hybridized carbons (Fsp3) is 0.667. The molecule has 1 aromatic heterocycles. The van der Waals surface area contributed by atoms with Crippen molar-refractivity contribution in [2.24, 2.45) is 11.8 Å². The van der Waals surface area contributed by atoms with Gasteiger partial charge in [-0.25, -0.2) is 15.8 Å². The molecule has 19 heavy (non-hydrogen) atoms. The Morgan fingerprint density at radius 2 is 2.16 bits per heavy atom. The van der Waals surface area contributed by atoms with Crippen molar-refractivity contribution in [2.75, 3.05) is 37.6 Å². The lowest BCUT2D eigenvalue weighted by atomic mass is 10.4. The van der Waals surface area contributed by atoms with Gasteiger partial charge in [0.1, 0.15) is 6.33 Å². The van der Waals surface area contributed by atoms with Crippen molar-refractivity contribution in [2.45, 2.75) is 19.3 Å². The first kappa shape index (κ1) is 13.8. The van der Waals surface area contributed by atoms with Gasteiger partial charge >= 0.3 is 0 Å². The number of nitrogens with two attached hydrogens (primary N) is 1. The number of anilines is 2. The number of rotatable bonds is 9. The average molecular weight is 267 g/mol. The third-order valence-electron chi connectivity index (χ3n) is 2.95. The largest absolute Gasteiger partial charge is 0.490 e. The molecule has 2 rings (SSSR count). The number of nitrogens with zero attached hydrogens (tertiary/aromatic N) is 2. The van der Waals surface area contributed by atoms with Crippen LogP contribution in [0.4, 0.5) is 11.6 Å². The molecule has 0 aliphatic heterocycles. The summed E-state index contributed by atoms with van der Waals surface area (Å²) in [5.74, 6) is 7.78. The van der Waals surface area contributed by atoms with E-state index in [1.54, 1.807) is 7.11 Å². The maximum absolute atomic E-state index is 5.56. The maximum Gasteiger partial charge on any atom is 0.205 e. The quantitative estimate of drug-likeness (QED) is 0.349. The Kier molecular flexibility index (Phi) is 5.17. The molecule has 0 bridgehead atoms. The van der Waals surface area contributed by atoms with E-state index in [4.69, 9.17) is 15.3 Å². The van der Waals surface area contributed by atoms with Crippen molar-refractivity contribution in [3.63, 3.8) is 0 Å². The molecule has 0 saturated heterocycles. The minimum absolute atomic E-state index is 0.463. The number of methoxy groups -OCH3 is 1. The normalized spacial score (nSPS) is 14.2. The van der Waals surface area contributed by atoms with Gasteiger partial charge in [0.15, 0.2) is 11.6 Å². The molecule has 0 atom stereocenters. The molecule has 4 N–H and O–H groups in total. The Labute approximate surface area is 112 Å². The van der Waals surface area contributed by atoms with E-state index in [9.17, 15) is 0 Å². The minimum Gasteiger partial charge on any atom is -0.490 e. The van der Waals surface area contributed by atoms with Gasteiger partial charge in [-0.2, -0.15) is 0 Å². The number of nitrogen functional groups attached to an aromatic ring is 1. The Hall–Kier alpha value is -1.60. The summed E-state index contributed by atoms with van der Waals surface area (Å²) in [4.78, 5) is 8.11. The average Bonchev–Trinajstić information content (AvgIpc) is 3.26. The summed E-state index contributed by atoms with van der Waals surface area (Å²) >= 11 is 0. The van der Waals surface area contributed by atoms with Crippen molar-refractivity contribution in [1.82, 2.24) is 9.97 Å². The lowest BCUT2D eigenvalue weighted by Gasteiger charge is -2.12. The monoisotopic (exact) mass is 267 g/mol. The van der Waals surface area contributed by atoms with Crippen molar-refractivity contribution < 1.29 is 9.47 Å². The van der Waals surface area contributed by atoms with Crippen molar-refractivity contribution in [3.8, 4) is 5.75 Å². The molecule has 7 nitrogen and oxygen atoms in total. The van der Waals surface area contributed by atoms with E-state index in [-0.39, 0.29) is 0 Å². The predicted molar refractivity (Wildman–Crippen MR) is 73.0 cm³/mol. The molecule has 1 aromatic rings. The topological polar surface area (TPSA) is 94.3 Å². The number of aromatic nitrogens is 2. The van der Waals surface area contributed by atoms with Crippen LogP contribution in [0.1, 0.15) is 19.3 Å². The zero-order valence-corrected chi connectivity index (χ0v) is 11.2. The first-order valence-corrected chi connectivity index (χ1v) is 6.52. The van der Waals surface area contributed by atoms with Gasteiger partial charge < -0.3 is 20.2 Å². The summed E-state index contributed by atoms with van der Waals surface area (Å²) in [6.07, 6.45) is 5.01. The molecule has 0 unspecified atom stereocenters. The van der Waals surface area contributed by atoms with E-state index >= 15 is 0 Å². The Bertz CT molecular complexity index is 398. The Morgan fingerprint density at radius 1 is 1.37 bits per heavy atom. The van der Waals surface area contributed by atoms with E-state index in [1.807, 2.05) is 0 Å². The highest BCUT2D eigenvalue weighted by atomic mass is 16.5. The zero-order chi connectivity index (χ0) is 13.5. The van der Waals surface area contributed by atoms with Crippen LogP contribution in [-0.4, -0.2) is 36.8 Å². The van der Waals surface area contributed by atoms with Gasteiger partial charge in [-0.1, -0.05) is 0 Å². The fourth-order valence-corrected chi connectivity index (χ4v) is 1.71. The van der Waals surface area contributed by atoms with E-state index in [0.717, 1.165) is 32.1 Å². The summed E-state index contributed by atoms with van der Waals surface area (Å²) in [5, 5.41) is 3.19. The fourth-order valence-electron chi connectivity index (χ4n) is 1.71. The van der Waals surface area contributed by atoms with Crippen LogP contribution >= 0.6 is 0 Å². The standard InChI is InChI=1S/C12H21N5O2/c1-18-10-11(15-8-16-12(10)17-13)14-5-2-6-19-7-9-3-4-9/h8-9H,2-7,13H2,1H3,(H2,14,15,16,17). The molecule has 1 aliphatic carbocycles. The van der Waals surface area contributed by atoms with Gasteiger partial charge in [0, 0.05) is 19.8 Å². The van der Waals surface area contributed by atoms with Gasteiger partial charge in [0.2, 0.25) is 5.75 Å². The molecule has 0 amide bonds. The lowest BCUT2D eigenvalue weighted by Crippen LogP contribution is -2.13. The summed E-state index contributed by atoms with van der Waals surface area (Å²) < 4.78 is 10.8. The first-order chi connectivity index (χ1) is 9.35. The molecular weight excluding hydrogens is 246 g/mol. The van der Waals surface area contributed by atoms with Crippen LogP contribution in [-0.2, 0) is 4.74 Å². The Balaban J connectivity index is 1.71. The van der Waals surface area contributed by atoms with Crippen LogP contribution in [0.15, 0.2) is 6.33 Å². The Morgan fingerprint density at radius 3 is 2.84 bits per heavy atom. The van der Waals surface area contributed by atoms with Gasteiger partial charge in [0.25, 0.3) is 0 Å². The van der Waals surface area contributed by atoms with E-state index in [0.29, 0.717) is 17.4 Å². The molecule has 106 valence electrons. The molecule has 7 heteroatoms. The highest BCUT2D eigenvalue weighted by Gasteiger charge is 2.20. The van der Waals surface area contributed by atoms with Gasteiger partial charge in [-0.15, -0.1) is 0 Å².